The molecule has 1 aliphatic heterocycles. The number of hydrogen-bond donors (Lipinski definition) is 1. The molecule has 3 atom stereocenters. The number of ketones is 1. The molecule has 0 radical (unpaired) electrons. The number of esters is 2. The fourth-order valence-corrected chi connectivity index (χ4v) is 5.55. The average Bonchev–Trinajstić information content (AvgIpc) is 2.96. The Bertz CT molecular complexity index is 1360. The average molecular weight is 550 g/mol. The summed E-state index contributed by atoms with van der Waals surface area (Å²) in [6.07, 6.45) is 0.347. The van der Waals surface area contributed by atoms with Gasteiger partial charge in [-0.1, -0.05) is 18.2 Å². The Morgan fingerprint density at radius 3 is 2.15 bits per heavy atom. The Hall–Kier alpha value is -4.27. The number of ether oxygens (including phenoxy) is 5. The van der Waals surface area contributed by atoms with E-state index in [9.17, 15) is 14.4 Å². The maximum atomic E-state index is 14.5. The van der Waals surface area contributed by atoms with Crippen molar-refractivity contribution in [1.82, 2.24) is 5.32 Å². The second-order valence-corrected chi connectivity index (χ2v) is 9.50. The van der Waals surface area contributed by atoms with Crippen LogP contribution in [0.2, 0.25) is 0 Å². The summed E-state index contributed by atoms with van der Waals surface area (Å²) >= 11 is 0. The second-order valence-electron chi connectivity index (χ2n) is 9.50. The normalized spacial score (nSPS) is 20.4. The number of Topliss-reactive ketones (excluding diaryl/α,β-unsaturated/α-hetero) is 1. The number of nitrogens with one attached hydrogen (secondary N) is 1. The van der Waals surface area contributed by atoms with E-state index < -0.39 is 35.5 Å². The quantitative estimate of drug-likeness (QED) is 0.359. The van der Waals surface area contributed by atoms with Crippen molar-refractivity contribution in [3.8, 4) is 17.2 Å². The Morgan fingerprint density at radius 2 is 1.55 bits per heavy atom. The van der Waals surface area contributed by atoms with Crippen LogP contribution in [0.15, 0.2) is 65.0 Å². The molecule has 0 saturated carbocycles. The Kier molecular flexibility index (Phi) is 8.82. The van der Waals surface area contributed by atoms with E-state index in [1.165, 1.54) is 7.11 Å². The van der Waals surface area contributed by atoms with E-state index in [4.69, 9.17) is 23.7 Å². The first kappa shape index (κ1) is 28.7. The molecule has 1 heterocycles. The fourth-order valence-electron chi connectivity index (χ4n) is 5.55. The molecule has 2 aromatic rings. The summed E-state index contributed by atoms with van der Waals surface area (Å²) < 4.78 is 27.2. The lowest BCUT2D eigenvalue weighted by Gasteiger charge is -2.39. The molecule has 0 unspecified atom stereocenters. The third-order valence-electron chi connectivity index (χ3n) is 7.35. The summed E-state index contributed by atoms with van der Waals surface area (Å²) in [5.41, 5.74) is 3.19. The molecule has 9 heteroatoms. The standard InChI is InChI=1S/C31H35NO8/c1-7-39-30(34)25-17(3)32-23-16-22(18-9-11-19(36-4)12-10-18)27(31(35)40-8-2)29(33)28(23)26(25)21-14-13-20(37-5)15-24(21)38-6/h9-15,22,26-27,32H,7-8,16H2,1-6H3/t22-,26-,27-/m1/s1. The largest absolute Gasteiger partial charge is 0.497 e. The number of carbonyl (C=O) groups is 3. The van der Waals surface area contributed by atoms with Crippen LogP contribution in [0, 0.1) is 5.92 Å². The van der Waals surface area contributed by atoms with Gasteiger partial charge in [-0.25, -0.2) is 4.79 Å². The molecule has 0 aromatic heterocycles. The van der Waals surface area contributed by atoms with Gasteiger partial charge in [0.05, 0.1) is 46.0 Å². The van der Waals surface area contributed by atoms with E-state index in [0.717, 1.165) is 5.56 Å². The van der Waals surface area contributed by atoms with Crippen LogP contribution in [-0.4, -0.2) is 52.3 Å². The molecule has 2 aliphatic rings. The highest BCUT2D eigenvalue weighted by Gasteiger charge is 2.49. The van der Waals surface area contributed by atoms with Crippen LogP contribution >= 0.6 is 0 Å². The van der Waals surface area contributed by atoms with Gasteiger partial charge in [0.15, 0.2) is 5.78 Å². The number of benzene rings is 2. The zero-order valence-electron chi connectivity index (χ0n) is 23.7. The zero-order chi connectivity index (χ0) is 29.0. The van der Waals surface area contributed by atoms with Crippen molar-refractivity contribution >= 4 is 17.7 Å². The fraction of sp³-hybridized carbons (Fsp3) is 0.387. The van der Waals surface area contributed by atoms with Gasteiger partial charge in [0.1, 0.15) is 23.2 Å². The SMILES string of the molecule is CCOC(=O)C1=C(C)NC2=C(C(=O)[C@H](C(=O)OCC)[C@@H](c3ccc(OC)cc3)C2)[C@@H]1c1ccc(OC)cc1OC. The molecule has 9 nitrogen and oxygen atoms in total. The number of methoxy groups -OCH3 is 3. The minimum Gasteiger partial charge on any atom is -0.497 e. The molecule has 0 fully saturated rings. The van der Waals surface area contributed by atoms with Gasteiger partial charge in [-0.15, -0.1) is 0 Å². The lowest BCUT2D eigenvalue weighted by Crippen LogP contribution is -2.43. The van der Waals surface area contributed by atoms with E-state index in [0.29, 0.717) is 46.2 Å². The van der Waals surface area contributed by atoms with Crippen molar-refractivity contribution in [3.05, 3.63) is 76.1 Å². The van der Waals surface area contributed by atoms with Crippen LogP contribution in [0.4, 0.5) is 0 Å². The van der Waals surface area contributed by atoms with Gasteiger partial charge in [0, 0.05) is 34.5 Å². The highest BCUT2D eigenvalue weighted by molar-refractivity contribution is 6.13. The van der Waals surface area contributed by atoms with Gasteiger partial charge in [-0.05, 0) is 51.0 Å². The molecule has 4 rings (SSSR count). The summed E-state index contributed by atoms with van der Waals surface area (Å²) in [5.74, 6) is -2.35. The van der Waals surface area contributed by atoms with Crippen LogP contribution in [-0.2, 0) is 23.9 Å². The molecule has 2 aromatic carbocycles. The van der Waals surface area contributed by atoms with Crippen molar-refractivity contribution in [3.63, 3.8) is 0 Å². The monoisotopic (exact) mass is 549 g/mol. The smallest absolute Gasteiger partial charge is 0.336 e. The first-order valence-electron chi connectivity index (χ1n) is 13.2. The number of rotatable bonds is 9. The summed E-state index contributed by atoms with van der Waals surface area (Å²) in [5, 5.41) is 3.31. The van der Waals surface area contributed by atoms with E-state index in [1.54, 1.807) is 65.3 Å². The summed E-state index contributed by atoms with van der Waals surface area (Å²) in [4.78, 5) is 41.2. The molecule has 0 amide bonds. The molecule has 0 saturated heterocycles. The topological polar surface area (TPSA) is 109 Å². The van der Waals surface area contributed by atoms with E-state index in [2.05, 4.69) is 5.32 Å². The third-order valence-corrected chi connectivity index (χ3v) is 7.35. The van der Waals surface area contributed by atoms with Crippen LogP contribution in [0.3, 0.4) is 0 Å². The molecular weight excluding hydrogens is 514 g/mol. The van der Waals surface area contributed by atoms with Gasteiger partial charge >= 0.3 is 11.9 Å². The Balaban J connectivity index is 1.93. The van der Waals surface area contributed by atoms with E-state index >= 15 is 0 Å². The van der Waals surface area contributed by atoms with Crippen LogP contribution in [0.5, 0.6) is 17.2 Å². The van der Waals surface area contributed by atoms with Gasteiger partial charge in [-0.3, -0.25) is 9.59 Å². The van der Waals surface area contributed by atoms with Crippen molar-refractivity contribution in [1.29, 1.82) is 0 Å². The highest BCUT2D eigenvalue weighted by atomic mass is 16.5. The van der Waals surface area contributed by atoms with Crippen LogP contribution in [0.25, 0.3) is 0 Å². The van der Waals surface area contributed by atoms with Gasteiger partial charge in [-0.2, -0.15) is 0 Å². The molecule has 0 spiro atoms. The number of carbonyl (C=O) groups excluding carboxylic acids is 3. The molecule has 1 aliphatic carbocycles. The Morgan fingerprint density at radius 1 is 0.900 bits per heavy atom. The molecule has 0 bridgehead atoms. The first-order chi connectivity index (χ1) is 19.3. The lowest BCUT2D eigenvalue weighted by atomic mass is 9.67. The van der Waals surface area contributed by atoms with Crippen molar-refractivity contribution in [2.24, 2.45) is 5.92 Å². The highest BCUT2D eigenvalue weighted by Crippen LogP contribution is 2.50. The van der Waals surface area contributed by atoms with Crippen molar-refractivity contribution < 1.29 is 38.1 Å². The maximum absolute atomic E-state index is 14.5. The Labute approximate surface area is 234 Å². The molecule has 212 valence electrons. The number of allylic oxidation sites excluding steroid dienone is 3. The molecule has 1 N–H and O–H groups in total. The molecule has 40 heavy (non-hydrogen) atoms. The second kappa shape index (κ2) is 12.3. The summed E-state index contributed by atoms with van der Waals surface area (Å²) in [7, 11) is 4.63. The minimum atomic E-state index is -1.11. The van der Waals surface area contributed by atoms with Crippen LogP contribution < -0.4 is 19.5 Å². The zero-order valence-corrected chi connectivity index (χ0v) is 23.7. The van der Waals surface area contributed by atoms with Crippen molar-refractivity contribution in [2.45, 2.75) is 39.0 Å². The first-order valence-corrected chi connectivity index (χ1v) is 13.2. The predicted octanol–water partition coefficient (Wildman–Crippen LogP) is 4.43. The third kappa shape index (κ3) is 5.28. The van der Waals surface area contributed by atoms with Crippen LogP contribution in [0.1, 0.15) is 50.2 Å². The minimum absolute atomic E-state index is 0.130. The summed E-state index contributed by atoms with van der Waals surface area (Å²) in [6.45, 7) is 5.50. The van der Waals surface area contributed by atoms with E-state index in [1.807, 2.05) is 12.1 Å². The van der Waals surface area contributed by atoms with Gasteiger partial charge < -0.3 is 29.0 Å². The summed E-state index contributed by atoms with van der Waals surface area (Å²) in [6, 6.07) is 12.5. The lowest BCUT2D eigenvalue weighted by molar-refractivity contribution is -0.152. The van der Waals surface area contributed by atoms with Gasteiger partial charge in [0.25, 0.3) is 0 Å². The number of hydrogen-bond acceptors (Lipinski definition) is 9. The number of dihydropyridines is 1. The molecular formula is C31H35NO8. The van der Waals surface area contributed by atoms with E-state index in [-0.39, 0.29) is 18.8 Å². The van der Waals surface area contributed by atoms with Crippen molar-refractivity contribution in [2.75, 3.05) is 34.5 Å². The van der Waals surface area contributed by atoms with Gasteiger partial charge in [0.2, 0.25) is 0 Å². The predicted molar refractivity (Wildman–Crippen MR) is 147 cm³/mol. The maximum Gasteiger partial charge on any atom is 0.336 e.